The molecule has 1 aromatic rings. The van der Waals surface area contributed by atoms with Gasteiger partial charge in [0.15, 0.2) is 0 Å². The molecule has 1 heterocycles. The molecule has 50 valence electrons. The smallest absolute Gasteiger partial charge is 0.107 e. The molecular weight excluding hydrogens is 114 g/mol. The van der Waals surface area contributed by atoms with E-state index in [1.807, 2.05) is 6.92 Å². The maximum Gasteiger partial charge on any atom is 0.107 e. The Morgan fingerprint density at radius 2 is 2.67 bits per heavy atom. The molecule has 0 radical (unpaired) electrons. The molecule has 1 aromatic heterocycles. The average Bonchev–Trinajstić information content (AvgIpc) is 2.15. The van der Waals surface area contributed by atoms with Gasteiger partial charge in [-0.05, 0) is 6.92 Å². The second-order valence-corrected chi connectivity index (χ2v) is 2.22. The van der Waals surface area contributed by atoms with Crippen molar-refractivity contribution in [3.63, 3.8) is 0 Å². The van der Waals surface area contributed by atoms with E-state index in [2.05, 4.69) is 9.97 Å². The molecule has 0 aliphatic carbocycles. The number of hydrogen-bond acceptors (Lipinski definition) is 2. The van der Waals surface area contributed by atoms with Crippen LogP contribution in [0.15, 0.2) is 12.4 Å². The molecular formula is C6H11N3. The van der Waals surface area contributed by atoms with Gasteiger partial charge >= 0.3 is 0 Å². The van der Waals surface area contributed by atoms with Crippen LogP contribution in [0.25, 0.3) is 0 Å². The summed E-state index contributed by atoms with van der Waals surface area (Å²) in [4.78, 5) is 7.00. The lowest BCUT2D eigenvalue weighted by atomic mass is 10.2. The standard InChI is InChI=1S/C6H11N3/c1-5(7)4-6-8-2-3-9-6/h2-3,5H,4,7H2,1H3,(H,8,9)/t5-/m0/s1. The van der Waals surface area contributed by atoms with Gasteiger partial charge in [0, 0.05) is 24.9 Å². The van der Waals surface area contributed by atoms with Crippen LogP contribution in [-0.2, 0) is 6.42 Å². The maximum atomic E-state index is 5.52. The van der Waals surface area contributed by atoms with Gasteiger partial charge in [-0.15, -0.1) is 0 Å². The van der Waals surface area contributed by atoms with Gasteiger partial charge in [-0.1, -0.05) is 0 Å². The van der Waals surface area contributed by atoms with E-state index in [0.29, 0.717) is 0 Å². The summed E-state index contributed by atoms with van der Waals surface area (Å²) in [7, 11) is 0. The van der Waals surface area contributed by atoms with Crippen molar-refractivity contribution in [1.82, 2.24) is 9.97 Å². The van der Waals surface area contributed by atoms with Gasteiger partial charge in [-0.2, -0.15) is 0 Å². The lowest BCUT2D eigenvalue weighted by Gasteiger charge is -1.98. The van der Waals surface area contributed by atoms with E-state index >= 15 is 0 Å². The molecule has 3 N–H and O–H groups in total. The van der Waals surface area contributed by atoms with Gasteiger partial charge in [0.05, 0.1) is 0 Å². The predicted octanol–water partition coefficient (Wildman–Crippen LogP) is 0.299. The van der Waals surface area contributed by atoms with Gasteiger partial charge in [-0.3, -0.25) is 0 Å². The minimum atomic E-state index is 0.191. The predicted molar refractivity (Wildman–Crippen MR) is 35.9 cm³/mol. The zero-order chi connectivity index (χ0) is 6.69. The summed E-state index contributed by atoms with van der Waals surface area (Å²) in [6.07, 6.45) is 4.36. The second-order valence-electron chi connectivity index (χ2n) is 2.22. The van der Waals surface area contributed by atoms with Crippen LogP contribution in [0.4, 0.5) is 0 Å². The molecule has 1 atom stereocenters. The Balaban J connectivity index is 2.48. The van der Waals surface area contributed by atoms with Crippen LogP contribution in [0.5, 0.6) is 0 Å². The summed E-state index contributed by atoms with van der Waals surface area (Å²) in [5, 5.41) is 0. The normalized spacial score (nSPS) is 13.6. The molecule has 0 saturated carbocycles. The highest BCUT2D eigenvalue weighted by Crippen LogP contribution is 1.91. The van der Waals surface area contributed by atoms with Gasteiger partial charge in [-0.25, -0.2) is 4.98 Å². The highest BCUT2D eigenvalue weighted by molar-refractivity contribution is 4.88. The number of H-pyrrole nitrogens is 1. The molecule has 0 aliphatic heterocycles. The van der Waals surface area contributed by atoms with Crippen molar-refractivity contribution in [1.29, 1.82) is 0 Å². The molecule has 0 fully saturated rings. The summed E-state index contributed by atoms with van der Waals surface area (Å²) >= 11 is 0. The number of rotatable bonds is 2. The van der Waals surface area contributed by atoms with Crippen LogP contribution in [0.2, 0.25) is 0 Å². The zero-order valence-corrected chi connectivity index (χ0v) is 5.46. The van der Waals surface area contributed by atoms with Crippen molar-refractivity contribution < 1.29 is 0 Å². The fraction of sp³-hybridized carbons (Fsp3) is 0.500. The summed E-state index contributed by atoms with van der Waals surface area (Å²) in [6, 6.07) is 0.191. The molecule has 1 rings (SSSR count). The molecule has 0 spiro atoms. The zero-order valence-electron chi connectivity index (χ0n) is 5.46. The molecule has 0 saturated heterocycles. The highest BCUT2D eigenvalue weighted by atomic mass is 14.9. The Hall–Kier alpha value is -0.830. The van der Waals surface area contributed by atoms with Gasteiger partial charge in [0.2, 0.25) is 0 Å². The van der Waals surface area contributed by atoms with Gasteiger partial charge in [0.25, 0.3) is 0 Å². The van der Waals surface area contributed by atoms with E-state index in [9.17, 15) is 0 Å². The molecule has 0 amide bonds. The number of imidazole rings is 1. The Bertz CT molecular complexity index is 155. The molecule has 0 aliphatic rings. The first kappa shape index (κ1) is 6.29. The number of nitrogens with zero attached hydrogens (tertiary/aromatic N) is 1. The molecule has 9 heavy (non-hydrogen) atoms. The fourth-order valence-electron chi connectivity index (χ4n) is 0.715. The molecule has 3 nitrogen and oxygen atoms in total. The van der Waals surface area contributed by atoms with Crippen molar-refractivity contribution in [2.24, 2.45) is 5.73 Å². The van der Waals surface area contributed by atoms with E-state index in [1.165, 1.54) is 0 Å². The van der Waals surface area contributed by atoms with Crippen LogP contribution < -0.4 is 5.73 Å². The van der Waals surface area contributed by atoms with Crippen molar-refractivity contribution in [3.8, 4) is 0 Å². The lowest BCUT2D eigenvalue weighted by Crippen LogP contribution is -2.18. The largest absolute Gasteiger partial charge is 0.349 e. The summed E-state index contributed by atoms with van der Waals surface area (Å²) in [5.41, 5.74) is 5.52. The minimum absolute atomic E-state index is 0.191. The first-order valence-electron chi connectivity index (χ1n) is 3.03. The van der Waals surface area contributed by atoms with Crippen molar-refractivity contribution in [2.75, 3.05) is 0 Å². The van der Waals surface area contributed by atoms with Crippen molar-refractivity contribution >= 4 is 0 Å². The van der Waals surface area contributed by atoms with Gasteiger partial charge in [0.1, 0.15) is 5.82 Å². The van der Waals surface area contributed by atoms with Crippen molar-refractivity contribution in [2.45, 2.75) is 19.4 Å². The minimum Gasteiger partial charge on any atom is -0.349 e. The molecule has 0 aromatic carbocycles. The summed E-state index contributed by atoms with van der Waals surface area (Å²) in [6.45, 7) is 1.96. The number of hydrogen-bond donors (Lipinski definition) is 2. The summed E-state index contributed by atoms with van der Waals surface area (Å²) < 4.78 is 0. The van der Waals surface area contributed by atoms with Crippen LogP contribution in [0.3, 0.4) is 0 Å². The van der Waals surface area contributed by atoms with E-state index in [1.54, 1.807) is 12.4 Å². The number of nitrogens with two attached hydrogens (primary N) is 1. The second kappa shape index (κ2) is 2.64. The Labute approximate surface area is 54.3 Å². The van der Waals surface area contributed by atoms with Crippen LogP contribution in [0, 0.1) is 0 Å². The topological polar surface area (TPSA) is 54.7 Å². The SMILES string of the molecule is C[C@H](N)Cc1ncc[nH]1. The Morgan fingerprint density at radius 1 is 1.89 bits per heavy atom. The van der Waals surface area contributed by atoms with Crippen LogP contribution in [0.1, 0.15) is 12.7 Å². The maximum absolute atomic E-state index is 5.52. The Kier molecular flexibility index (Phi) is 1.85. The molecule has 0 bridgehead atoms. The first-order valence-corrected chi connectivity index (χ1v) is 3.03. The number of aromatic nitrogens is 2. The van der Waals surface area contributed by atoms with Crippen LogP contribution in [-0.4, -0.2) is 16.0 Å². The monoisotopic (exact) mass is 125 g/mol. The van der Waals surface area contributed by atoms with Crippen LogP contribution >= 0.6 is 0 Å². The molecule has 0 unspecified atom stereocenters. The highest BCUT2D eigenvalue weighted by Gasteiger charge is 1.96. The van der Waals surface area contributed by atoms with Crippen molar-refractivity contribution in [3.05, 3.63) is 18.2 Å². The Morgan fingerprint density at radius 3 is 3.11 bits per heavy atom. The van der Waals surface area contributed by atoms with E-state index < -0.39 is 0 Å². The number of nitrogens with one attached hydrogen (secondary N) is 1. The fourth-order valence-corrected chi connectivity index (χ4v) is 0.715. The van der Waals surface area contributed by atoms with E-state index in [4.69, 9.17) is 5.73 Å². The third kappa shape index (κ3) is 1.85. The lowest BCUT2D eigenvalue weighted by molar-refractivity contribution is 0.710. The van der Waals surface area contributed by atoms with E-state index in [-0.39, 0.29) is 6.04 Å². The summed E-state index contributed by atoms with van der Waals surface area (Å²) in [5.74, 6) is 0.963. The quantitative estimate of drug-likeness (QED) is 0.597. The van der Waals surface area contributed by atoms with E-state index in [0.717, 1.165) is 12.2 Å². The number of aromatic amines is 1. The third-order valence-corrected chi connectivity index (χ3v) is 1.07. The first-order chi connectivity index (χ1) is 4.29. The molecule has 3 heteroatoms. The van der Waals surface area contributed by atoms with Gasteiger partial charge < -0.3 is 10.7 Å². The third-order valence-electron chi connectivity index (χ3n) is 1.07. The average molecular weight is 125 g/mol.